The molecule has 18 heavy (non-hydrogen) atoms. The molecule has 1 rings (SSSR count). The van der Waals surface area contributed by atoms with Gasteiger partial charge in [-0.15, -0.1) is 5.46 Å². The van der Waals surface area contributed by atoms with Crippen molar-refractivity contribution >= 4 is 12.4 Å². The van der Waals surface area contributed by atoms with Gasteiger partial charge in [-0.05, 0) is 26.0 Å². The highest BCUT2D eigenvalue weighted by atomic mass is 19.4. The van der Waals surface area contributed by atoms with Crippen LogP contribution in [0.15, 0.2) is 18.2 Å². The summed E-state index contributed by atoms with van der Waals surface area (Å²) < 4.78 is 60.6. The number of benzene rings is 1. The molecule has 0 aliphatic heterocycles. The molecule has 0 unspecified atom stereocenters. The molecule has 0 amide bonds. The summed E-state index contributed by atoms with van der Waals surface area (Å²) in [4.78, 5) is 0. The van der Waals surface area contributed by atoms with Crippen LogP contribution in [-0.2, 0) is 4.74 Å². The standard InChI is InChI=1S/C11H14BF4O2/c1-8(2)17-5-6-18-11-7-9(12(14,15)16)3-4-10(11)13/h3-4,7-8H,5-6H2,1-2H3/q-1. The maximum absolute atomic E-state index is 13.2. The zero-order chi connectivity index (χ0) is 13.8. The van der Waals surface area contributed by atoms with Crippen molar-refractivity contribution in [3.63, 3.8) is 0 Å². The summed E-state index contributed by atoms with van der Waals surface area (Å²) in [5.74, 6) is -1.22. The van der Waals surface area contributed by atoms with Crippen molar-refractivity contribution in [1.29, 1.82) is 0 Å². The lowest BCUT2D eigenvalue weighted by Crippen LogP contribution is -2.34. The van der Waals surface area contributed by atoms with Gasteiger partial charge in [0.1, 0.15) is 6.61 Å². The van der Waals surface area contributed by atoms with Crippen LogP contribution < -0.4 is 10.2 Å². The van der Waals surface area contributed by atoms with Crippen molar-refractivity contribution in [2.24, 2.45) is 0 Å². The van der Waals surface area contributed by atoms with E-state index < -0.39 is 24.0 Å². The van der Waals surface area contributed by atoms with Gasteiger partial charge >= 0.3 is 6.98 Å². The van der Waals surface area contributed by atoms with Gasteiger partial charge in [0.25, 0.3) is 0 Å². The van der Waals surface area contributed by atoms with E-state index in [1.54, 1.807) is 0 Å². The maximum Gasteiger partial charge on any atom is 0.509 e. The van der Waals surface area contributed by atoms with Crippen molar-refractivity contribution < 1.29 is 26.8 Å². The average molecular weight is 265 g/mol. The summed E-state index contributed by atoms with van der Waals surface area (Å²) in [5, 5.41) is 0. The Labute approximate surface area is 103 Å². The summed E-state index contributed by atoms with van der Waals surface area (Å²) in [6.07, 6.45) is -0.0108. The second-order valence-corrected chi connectivity index (χ2v) is 4.03. The Morgan fingerprint density at radius 2 is 1.83 bits per heavy atom. The maximum atomic E-state index is 13.2. The molecule has 0 N–H and O–H groups in total. The normalized spacial score (nSPS) is 11.9. The first-order valence-corrected chi connectivity index (χ1v) is 5.54. The molecule has 0 heterocycles. The van der Waals surface area contributed by atoms with Crippen LogP contribution in [-0.4, -0.2) is 26.3 Å². The highest BCUT2D eigenvalue weighted by molar-refractivity contribution is 6.73. The van der Waals surface area contributed by atoms with E-state index >= 15 is 0 Å². The van der Waals surface area contributed by atoms with Gasteiger partial charge in [0.2, 0.25) is 0 Å². The van der Waals surface area contributed by atoms with Crippen LogP contribution in [0.4, 0.5) is 17.3 Å². The molecule has 0 fully saturated rings. The van der Waals surface area contributed by atoms with Crippen molar-refractivity contribution in [3.05, 3.63) is 24.0 Å². The third kappa shape index (κ3) is 4.56. The zero-order valence-electron chi connectivity index (χ0n) is 10.1. The Kier molecular flexibility index (Phi) is 5.01. The fourth-order valence-corrected chi connectivity index (χ4v) is 1.27. The van der Waals surface area contributed by atoms with Crippen LogP contribution in [0.1, 0.15) is 13.8 Å². The lowest BCUT2D eigenvalue weighted by Gasteiger charge is -2.16. The minimum absolute atomic E-state index is 0.00338. The minimum Gasteiger partial charge on any atom is -0.488 e. The van der Waals surface area contributed by atoms with Crippen molar-refractivity contribution in [2.75, 3.05) is 13.2 Å². The Morgan fingerprint density at radius 1 is 1.17 bits per heavy atom. The third-order valence-electron chi connectivity index (χ3n) is 2.13. The fourth-order valence-electron chi connectivity index (χ4n) is 1.27. The van der Waals surface area contributed by atoms with Crippen molar-refractivity contribution in [2.45, 2.75) is 20.0 Å². The zero-order valence-corrected chi connectivity index (χ0v) is 10.1. The molecule has 0 saturated heterocycles. The van der Waals surface area contributed by atoms with Crippen LogP contribution in [0.2, 0.25) is 0 Å². The summed E-state index contributed by atoms with van der Waals surface area (Å²) in [6, 6.07) is 2.13. The topological polar surface area (TPSA) is 18.5 Å². The van der Waals surface area contributed by atoms with Gasteiger partial charge in [0, 0.05) is 0 Å². The number of ether oxygens (including phenoxy) is 2. The first-order valence-electron chi connectivity index (χ1n) is 5.54. The number of hydrogen-bond donors (Lipinski definition) is 0. The van der Waals surface area contributed by atoms with E-state index in [0.29, 0.717) is 12.1 Å². The van der Waals surface area contributed by atoms with E-state index in [1.165, 1.54) is 0 Å². The van der Waals surface area contributed by atoms with Gasteiger partial charge < -0.3 is 22.4 Å². The molecule has 0 bridgehead atoms. The molecule has 1 aromatic carbocycles. The molecule has 7 heteroatoms. The molecule has 0 aliphatic carbocycles. The Hall–Kier alpha value is -1.24. The van der Waals surface area contributed by atoms with E-state index in [9.17, 15) is 17.3 Å². The predicted molar refractivity (Wildman–Crippen MR) is 61.7 cm³/mol. The summed E-state index contributed by atoms with van der Waals surface area (Å²) >= 11 is 0. The predicted octanol–water partition coefficient (Wildman–Crippen LogP) is 2.68. The molecule has 102 valence electrons. The molecular formula is C11H14BF4O2-. The first kappa shape index (κ1) is 14.8. The Morgan fingerprint density at radius 3 is 2.39 bits per heavy atom. The monoisotopic (exact) mass is 265 g/mol. The smallest absolute Gasteiger partial charge is 0.488 e. The largest absolute Gasteiger partial charge is 0.509 e. The van der Waals surface area contributed by atoms with Crippen LogP contribution in [0.5, 0.6) is 5.75 Å². The van der Waals surface area contributed by atoms with Gasteiger partial charge in [-0.2, -0.15) is 0 Å². The van der Waals surface area contributed by atoms with Gasteiger partial charge in [-0.1, -0.05) is 6.07 Å². The second kappa shape index (κ2) is 6.09. The lowest BCUT2D eigenvalue weighted by atomic mass is 9.80. The number of halogens is 4. The van der Waals surface area contributed by atoms with Crippen molar-refractivity contribution in [1.82, 2.24) is 0 Å². The Balaban J connectivity index is 2.64. The minimum atomic E-state index is -5.15. The second-order valence-electron chi connectivity index (χ2n) is 4.03. The molecule has 0 aliphatic rings. The first-order chi connectivity index (χ1) is 8.30. The highest BCUT2D eigenvalue weighted by Gasteiger charge is 2.26. The quantitative estimate of drug-likeness (QED) is 0.447. The van der Waals surface area contributed by atoms with E-state index in [0.717, 1.165) is 6.07 Å². The van der Waals surface area contributed by atoms with E-state index in [1.807, 2.05) is 13.8 Å². The highest BCUT2D eigenvalue weighted by Crippen LogP contribution is 2.18. The summed E-state index contributed by atoms with van der Waals surface area (Å²) in [7, 11) is 0. The Bertz CT molecular complexity index is 393. The van der Waals surface area contributed by atoms with Gasteiger partial charge in [0.15, 0.2) is 11.6 Å². The van der Waals surface area contributed by atoms with Gasteiger partial charge in [-0.3, -0.25) is 0 Å². The number of rotatable bonds is 6. The summed E-state index contributed by atoms with van der Waals surface area (Å²) in [5.41, 5.74) is -0.879. The van der Waals surface area contributed by atoms with E-state index in [-0.39, 0.29) is 19.3 Å². The van der Waals surface area contributed by atoms with Crippen LogP contribution in [0, 0.1) is 5.82 Å². The van der Waals surface area contributed by atoms with Gasteiger partial charge in [-0.25, -0.2) is 4.39 Å². The van der Waals surface area contributed by atoms with Crippen LogP contribution in [0.25, 0.3) is 0 Å². The number of hydrogen-bond acceptors (Lipinski definition) is 2. The molecular weight excluding hydrogens is 251 g/mol. The molecule has 0 spiro atoms. The van der Waals surface area contributed by atoms with Crippen molar-refractivity contribution in [3.8, 4) is 5.75 Å². The van der Waals surface area contributed by atoms with Crippen LogP contribution >= 0.6 is 0 Å². The SMILES string of the molecule is CC(C)OCCOc1cc([B-](F)(F)F)ccc1F. The van der Waals surface area contributed by atoms with E-state index in [4.69, 9.17) is 9.47 Å². The fraction of sp³-hybridized carbons (Fsp3) is 0.455. The lowest BCUT2D eigenvalue weighted by molar-refractivity contribution is 0.0544. The molecule has 1 aromatic rings. The van der Waals surface area contributed by atoms with Gasteiger partial charge in [0.05, 0.1) is 12.7 Å². The molecule has 0 saturated carbocycles. The average Bonchev–Trinajstić information content (AvgIpc) is 2.24. The third-order valence-corrected chi connectivity index (χ3v) is 2.13. The molecule has 0 radical (unpaired) electrons. The van der Waals surface area contributed by atoms with Crippen LogP contribution in [0.3, 0.4) is 0 Å². The van der Waals surface area contributed by atoms with E-state index in [2.05, 4.69) is 0 Å². The summed E-state index contributed by atoms with van der Waals surface area (Å²) in [6.45, 7) is -1.33. The molecule has 2 nitrogen and oxygen atoms in total. The molecule has 0 aromatic heterocycles. The molecule has 0 atom stereocenters.